The van der Waals surface area contributed by atoms with Gasteiger partial charge in [0.15, 0.2) is 16.6 Å². The van der Waals surface area contributed by atoms with Crippen LogP contribution < -0.4 is 14.8 Å². The number of benzene rings is 2. The zero-order valence-electron chi connectivity index (χ0n) is 17.0. The van der Waals surface area contributed by atoms with E-state index in [-0.39, 0.29) is 6.10 Å². The predicted molar refractivity (Wildman–Crippen MR) is 125 cm³/mol. The van der Waals surface area contributed by atoms with Gasteiger partial charge in [0.1, 0.15) is 0 Å². The summed E-state index contributed by atoms with van der Waals surface area (Å²) in [6, 6.07) is 13.9. The lowest BCUT2D eigenvalue weighted by molar-refractivity contribution is 0.200. The van der Waals surface area contributed by atoms with Crippen molar-refractivity contribution in [1.82, 2.24) is 4.98 Å². The van der Waals surface area contributed by atoms with Gasteiger partial charge in [-0.2, -0.15) is 0 Å². The molecule has 1 fully saturated rings. The van der Waals surface area contributed by atoms with Gasteiger partial charge in [-0.25, -0.2) is 4.98 Å². The summed E-state index contributed by atoms with van der Waals surface area (Å²) in [5.41, 5.74) is 2.76. The molecular weight excluding hydrogens is 394 g/mol. The van der Waals surface area contributed by atoms with Crippen LogP contribution in [0.3, 0.4) is 0 Å². The minimum atomic E-state index is 0.269. The Morgan fingerprint density at radius 2 is 2.00 bits per heavy atom. The minimum Gasteiger partial charge on any atom is -0.493 e. The molecule has 1 aliphatic rings. The van der Waals surface area contributed by atoms with E-state index in [1.165, 1.54) is 12.8 Å². The van der Waals surface area contributed by atoms with Gasteiger partial charge in [0, 0.05) is 23.4 Å². The zero-order valence-corrected chi connectivity index (χ0v) is 17.8. The number of nitrogens with one attached hydrogen (secondary N) is 1. The van der Waals surface area contributed by atoms with E-state index in [0.717, 1.165) is 46.4 Å². The molecule has 0 bridgehead atoms. The summed E-state index contributed by atoms with van der Waals surface area (Å²) >= 11 is 1.56. The van der Waals surface area contributed by atoms with Crippen molar-refractivity contribution in [2.45, 2.75) is 31.8 Å². The van der Waals surface area contributed by atoms with Crippen molar-refractivity contribution in [1.29, 1.82) is 0 Å². The van der Waals surface area contributed by atoms with E-state index in [9.17, 15) is 0 Å². The fourth-order valence-electron chi connectivity index (χ4n) is 3.49. The number of rotatable bonds is 8. The number of anilines is 2. The van der Waals surface area contributed by atoms with Gasteiger partial charge >= 0.3 is 0 Å². The Kier molecular flexibility index (Phi) is 6.77. The van der Waals surface area contributed by atoms with Crippen LogP contribution in [0.5, 0.6) is 11.5 Å². The second kappa shape index (κ2) is 10.1. The summed E-state index contributed by atoms with van der Waals surface area (Å²) < 4.78 is 11.8. The summed E-state index contributed by atoms with van der Waals surface area (Å²) in [6.07, 6.45) is 12.4. The number of aromatic nitrogens is 1. The fourth-order valence-corrected chi connectivity index (χ4v) is 4.03. The number of hydrogen-bond acceptors (Lipinski definition) is 6. The van der Waals surface area contributed by atoms with E-state index in [1.54, 1.807) is 30.9 Å². The minimum absolute atomic E-state index is 0.269. The molecule has 2 aromatic carbocycles. The average Bonchev–Trinajstić information content (AvgIpc) is 3.47. The van der Waals surface area contributed by atoms with Gasteiger partial charge in [-0.1, -0.05) is 24.3 Å². The number of para-hydroxylation sites is 3. The van der Waals surface area contributed by atoms with E-state index in [0.29, 0.717) is 0 Å². The highest BCUT2D eigenvalue weighted by atomic mass is 32.1. The highest BCUT2D eigenvalue weighted by Crippen LogP contribution is 2.35. The van der Waals surface area contributed by atoms with Crippen molar-refractivity contribution in [2.75, 3.05) is 12.4 Å². The third kappa shape index (κ3) is 5.07. The lowest BCUT2D eigenvalue weighted by Gasteiger charge is -2.17. The first kappa shape index (κ1) is 20.2. The van der Waals surface area contributed by atoms with E-state index in [1.807, 2.05) is 60.0 Å². The topological polar surface area (TPSA) is 55.7 Å². The SMILES string of the molecule is COc1cccc(/C=C/C=Nc2ccccc2Nc2nccs2)c1OC1CCCC1. The van der Waals surface area contributed by atoms with E-state index in [4.69, 9.17) is 9.47 Å². The largest absolute Gasteiger partial charge is 0.493 e. The molecule has 1 saturated carbocycles. The molecule has 0 spiro atoms. The molecule has 6 heteroatoms. The van der Waals surface area contributed by atoms with Crippen LogP contribution in [0.15, 0.2) is 65.1 Å². The Hall–Kier alpha value is -3.12. The summed E-state index contributed by atoms with van der Waals surface area (Å²) in [4.78, 5) is 8.88. The predicted octanol–water partition coefficient (Wildman–Crippen LogP) is 6.63. The quantitative estimate of drug-likeness (QED) is 0.416. The Morgan fingerprint density at radius 3 is 2.80 bits per heavy atom. The van der Waals surface area contributed by atoms with Crippen LogP contribution in [0.4, 0.5) is 16.5 Å². The Bertz CT molecular complexity index is 1010. The van der Waals surface area contributed by atoms with E-state index >= 15 is 0 Å². The van der Waals surface area contributed by atoms with Crippen LogP contribution in [0.25, 0.3) is 6.08 Å². The maximum Gasteiger partial charge on any atom is 0.187 e. The van der Waals surface area contributed by atoms with Crippen LogP contribution >= 0.6 is 11.3 Å². The van der Waals surface area contributed by atoms with Crippen molar-refractivity contribution < 1.29 is 9.47 Å². The normalized spacial score (nSPS) is 14.6. The molecule has 0 radical (unpaired) electrons. The lowest BCUT2D eigenvalue weighted by atomic mass is 10.1. The van der Waals surface area contributed by atoms with Crippen LogP contribution in [0.2, 0.25) is 0 Å². The number of nitrogens with zero attached hydrogens (tertiary/aromatic N) is 2. The third-order valence-electron chi connectivity index (χ3n) is 4.97. The third-order valence-corrected chi connectivity index (χ3v) is 5.66. The summed E-state index contributed by atoms with van der Waals surface area (Å²) in [7, 11) is 1.68. The molecule has 0 atom stereocenters. The second-order valence-electron chi connectivity index (χ2n) is 7.02. The Labute approximate surface area is 181 Å². The van der Waals surface area contributed by atoms with Crippen molar-refractivity contribution in [3.8, 4) is 11.5 Å². The molecule has 0 saturated heterocycles. The van der Waals surface area contributed by atoms with Gasteiger partial charge in [-0.15, -0.1) is 11.3 Å². The smallest absolute Gasteiger partial charge is 0.187 e. The molecular formula is C24H25N3O2S. The summed E-state index contributed by atoms with van der Waals surface area (Å²) in [6.45, 7) is 0. The van der Waals surface area contributed by atoms with Crippen molar-refractivity contribution in [3.05, 3.63) is 65.7 Å². The molecule has 154 valence electrons. The summed E-state index contributed by atoms with van der Waals surface area (Å²) in [5, 5.41) is 6.10. The van der Waals surface area contributed by atoms with Crippen LogP contribution in [0, 0.1) is 0 Å². The number of aliphatic imine (C=N–C) groups is 1. The van der Waals surface area contributed by atoms with Crippen LogP contribution in [0.1, 0.15) is 31.2 Å². The molecule has 0 amide bonds. The highest BCUT2D eigenvalue weighted by Gasteiger charge is 2.19. The first-order valence-corrected chi connectivity index (χ1v) is 11.0. The van der Waals surface area contributed by atoms with E-state index in [2.05, 4.69) is 15.3 Å². The number of methoxy groups -OCH3 is 1. The van der Waals surface area contributed by atoms with Gasteiger partial charge < -0.3 is 14.8 Å². The monoisotopic (exact) mass is 419 g/mol. The van der Waals surface area contributed by atoms with Crippen molar-refractivity contribution in [3.63, 3.8) is 0 Å². The van der Waals surface area contributed by atoms with Crippen molar-refractivity contribution >= 4 is 40.1 Å². The first-order chi connectivity index (χ1) is 14.8. The van der Waals surface area contributed by atoms with E-state index < -0.39 is 0 Å². The molecule has 1 aromatic heterocycles. The molecule has 1 aliphatic carbocycles. The lowest BCUT2D eigenvalue weighted by Crippen LogP contribution is -2.12. The Balaban J connectivity index is 1.50. The standard InChI is InChI=1S/C24H25N3O2S/c1-28-22-14-6-8-18(23(22)29-19-10-2-3-11-19)9-7-15-25-20-12-4-5-13-21(20)27-24-26-16-17-30-24/h4-9,12-17,19H,2-3,10-11H2,1H3,(H,26,27)/b9-7+,25-15?. The van der Waals surface area contributed by atoms with Crippen LogP contribution in [-0.4, -0.2) is 24.4 Å². The Morgan fingerprint density at radius 1 is 1.13 bits per heavy atom. The summed E-state index contributed by atoms with van der Waals surface area (Å²) in [5.74, 6) is 1.57. The maximum atomic E-state index is 6.29. The molecule has 3 aromatic rings. The molecule has 4 rings (SSSR count). The molecule has 5 nitrogen and oxygen atoms in total. The molecule has 1 heterocycles. The zero-order chi connectivity index (χ0) is 20.6. The number of thiazole rings is 1. The number of allylic oxidation sites excluding steroid dienone is 1. The first-order valence-electron chi connectivity index (χ1n) is 10.1. The van der Waals surface area contributed by atoms with Gasteiger partial charge in [0.05, 0.1) is 24.6 Å². The van der Waals surface area contributed by atoms with Gasteiger partial charge in [-0.3, -0.25) is 4.99 Å². The molecule has 1 N–H and O–H groups in total. The number of hydrogen-bond donors (Lipinski definition) is 1. The van der Waals surface area contributed by atoms with Gasteiger partial charge in [0.2, 0.25) is 0 Å². The maximum absolute atomic E-state index is 6.29. The average molecular weight is 420 g/mol. The highest BCUT2D eigenvalue weighted by molar-refractivity contribution is 7.13. The van der Waals surface area contributed by atoms with Gasteiger partial charge in [-0.05, 0) is 56.0 Å². The molecule has 30 heavy (non-hydrogen) atoms. The molecule has 0 unspecified atom stereocenters. The van der Waals surface area contributed by atoms with Crippen LogP contribution in [-0.2, 0) is 0 Å². The van der Waals surface area contributed by atoms with Gasteiger partial charge in [0.25, 0.3) is 0 Å². The second-order valence-corrected chi connectivity index (χ2v) is 7.91. The number of ether oxygens (including phenoxy) is 2. The fraction of sp³-hybridized carbons (Fsp3) is 0.250. The molecule has 0 aliphatic heterocycles. The van der Waals surface area contributed by atoms with Crippen molar-refractivity contribution in [2.24, 2.45) is 4.99 Å².